The van der Waals surface area contributed by atoms with E-state index in [4.69, 9.17) is 9.15 Å². The molecule has 0 aliphatic heterocycles. The quantitative estimate of drug-likeness (QED) is 0.748. The molecule has 0 aliphatic rings. The predicted molar refractivity (Wildman–Crippen MR) is 77.7 cm³/mol. The number of oxazole rings is 1. The Morgan fingerprint density at radius 3 is 2.86 bits per heavy atom. The zero-order valence-corrected chi connectivity index (χ0v) is 12.7. The lowest BCUT2D eigenvalue weighted by Gasteiger charge is -2.08. The van der Waals surface area contributed by atoms with Crippen molar-refractivity contribution in [3.63, 3.8) is 0 Å². The van der Waals surface area contributed by atoms with Gasteiger partial charge < -0.3 is 9.15 Å². The fraction of sp³-hybridized carbons (Fsp3) is 0.462. The van der Waals surface area contributed by atoms with Gasteiger partial charge in [-0.1, -0.05) is 0 Å². The normalized spacial score (nSPS) is 12.3. The maximum atomic E-state index is 12.1. The highest BCUT2D eigenvalue weighted by Crippen LogP contribution is 2.16. The minimum Gasteiger partial charge on any atom is -0.408 e. The number of sulfonamides is 1. The van der Waals surface area contributed by atoms with E-state index >= 15 is 0 Å². The maximum absolute atomic E-state index is 12.1. The summed E-state index contributed by atoms with van der Waals surface area (Å²) in [6.07, 6.45) is 0.708. The minimum absolute atomic E-state index is 0.0579. The Balaban J connectivity index is 2.02. The van der Waals surface area contributed by atoms with Gasteiger partial charge in [-0.25, -0.2) is 17.9 Å². The highest BCUT2D eigenvalue weighted by molar-refractivity contribution is 7.89. The second kappa shape index (κ2) is 6.42. The zero-order valence-electron chi connectivity index (χ0n) is 11.9. The molecule has 0 saturated carbocycles. The molecule has 21 heavy (non-hydrogen) atoms. The summed E-state index contributed by atoms with van der Waals surface area (Å²) in [5.41, 5.74) is 0.676. The van der Waals surface area contributed by atoms with Crippen LogP contribution in [0.2, 0.25) is 0 Å². The van der Waals surface area contributed by atoms with Gasteiger partial charge in [0.25, 0.3) is 0 Å². The van der Waals surface area contributed by atoms with Crippen LogP contribution in [0.3, 0.4) is 0 Å². The van der Waals surface area contributed by atoms with E-state index in [1.165, 1.54) is 18.2 Å². The fourth-order valence-electron chi connectivity index (χ4n) is 1.77. The summed E-state index contributed by atoms with van der Waals surface area (Å²) in [7, 11) is -3.62. The number of hydrogen-bond donors (Lipinski definition) is 2. The Kier molecular flexibility index (Phi) is 4.81. The lowest BCUT2D eigenvalue weighted by molar-refractivity contribution is 0.0778. The topological polar surface area (TPSA) is 101 Å². The molecular weight excluding hydrogens is 296 g/mol. The minimum atomic E-state index is -3.62. The first kappa shape index (κ1) is 15.7. The van der Waals surface area contributed by atoms with Gasteiger partial charge in [-0.15, -0.1) is 0 Å². The van der Waals surface area contributed by atoms with Crippen LogP contribution in [0.25, 0.3) is 11.1 Å². The van der Waals surface area contributed by atoms with E-state index in [-0.39, 0.29) is 23.1 Å². The second-order valence-electron chi connectivity index (χ2n) is 4.84. The van der Waals surface area contributed by atoms with Crippen LogP contribution in [-0.4, -0.2) is 32.7 Å². The van der Waals surface area contributed by atoms with E-state index in [1.807, 2.05) is 13.8 Å². The van der Waals surface area contributed by atoms with Crippen molar-refractivity contribution >= 4 is 21.1 Å². The van der Waals surface area contributed by atoms with E-state index < -0.39 is 15.8 Å². The van der Waals surface area contributed by atoms with Gasteiger partial charge in [0.05, 0.1) is 16.5 Å². The standard InChI is InChI=1S/C13H18N2O5S/c1-9(2)19-7-3-6-14-21(17,18)10-4-5-11-12(8-10)20-13(16)15-11/h4-5,8-9,14H,3,6-7H2,1-2H3,(H,15,16). The SMILES string of the molecule is CC(C)OCCCNS(=O)(=O)c1ccc2[nH]c(=O)oc2c1. The summed E-state index contributed by atoms with van der Waals surface area (Å²) in [6, 6.07) is 4.23. The highest BCUT2D eigenvalue weighted by Gasteiger charge is 2.15. The summed E-state index contributed by atoms with van der Waals surface area (Å²) in [5.74, 6) is -0.613. The maximum Gasteiger partial charge on any atom is 0.417 e. The van der Waals surface area contributed by atoms with Crippen LogP contribution in [-0.2, 0) is 14.8 Å². The smallest absolute Gasteiger partial charge is 0.408 e. The van der Waals surface area contributed by atoms with Crippen LogP contribution in [0, 0.1) is 0 Å². The molecule has 8 heteroatoms. The molecule has 7 nitrogen and oxygen atoms in total. The van der Waals surface area contributed by atoms with Crippen molar-refractivity contribution in [3.05, 3.63) is 28.7 Å². The van der Waals surface area contributed by atoms with Gasteiger partial charge in [0.2, 0.25) is 10.0 Å². The number of ether oxygens (including phenoxy) is 1. The number of fused-ring (bicyclic) bond motifs is 1. The Morgan fingerprint density at radius 2 is 2.14 bits per heavy atom. The average Bonchev–Trinajstić information content (AvgIpc) is 2.76. The molecule has 0 aliphatic carbocycles. The molecule has 1 aromatic carbocycles. The highest BCUT2D eigenvalue weighted by atomic mass is 32.2. The molecular formula is C13H18N2O5S. The first-order valence-electron chi connectivity index (χ1n) is 6.62. The summed E-state index contributed by atoms with van der Waals surface area (Å²) < 4.78 is 36.9. The number of nitrogens with one attached hydrogen (secondary N) is 2. The lowest BCUT2D eigenvalue weighted by Crippen LogP contribution is -2.25. The van der Waals surface area contributed by atoms with E-state index in [2.05, 4.69) is 9.71 Å². The fourth-order valence-corrected chi connectivity index (χ4v) is 2.86. The van der Waals surface area contributed by atoms with Gasteiger partial charge in [0, 0.05) is 19.2 Å². The average molecular weight is 314 g/mol. The van der Waals surface area contributed by atoms with E-state index in [0.717, 1.165) is 0 Å². The van der Waals surface area contributed by atoms with Crippen LogP contribution in [0.15, 0.2) is 32.3 Å². The van der Waals surface area contributed by atoms with Crippen LogP contribution in [0.4, 0.5) is 0 Å². The molecule has 0 bridgehead atoms. The molecule has 0 fully saturated rings. The van der Waals surface area contributed by atoms with Crippen molar-refractivity contribution in [2.75, 3.05) is 13.2 Å². The lowest BCUT2D eigenvalue weighted by atomic mass is 10.3. The number of H-pyrrole nitrogens is 1. The van der Waals surface area contributed by atoms with Crippen molar-refractivity contribution in [1.29, 1.82) is 0 Å². The Morgan fingerprint density at radius 1 is 1.38 bits per heavy atom. The predicted octanol–water partition coefficient (Wildman–Crippen LogP) is 1.21. The molecule has 116 valence electrons. The number of hydrogen-bond acceptors (Lipinski definition) is 5. The van der Waals surface area contributed by atoms with Crippen molar-refractivity contribution in [2.24, 2.45) is 0 Å². The number of aromatic nitrogens is 1. The van der Waals surface area contributed by atoms with E-state index in [0.29, 0.717) is 18.5 Å². The van der Waals surface area contributed by atoms with Crippen LogP contribution < -0.4 is 10.5 Å². The van der Waals surface area contributed by atoms with Gasteiger partial charge in [0.1, 0.15) is 0 Å². The van der Waals surface area contributed by atoms with Crippen molar-refractivity contribution in [2.45, 2.75) is 31.3 Å². The molecule has 1 aromatic heterocycles. The zero-order chi connectivity index (χ0) is 15.5. The van der Waals surface area contributed by atoms with E-state index in [1.54, 1.807) is 0 Å². The van der Waals surface area contributed by atoms with Gasteiger partial charge >= 0.3 is 5.76 Å². The third-order valence-corrected chi connectivity index (χ3v) is 4.23. The molecule has 0 atom stereocenters. The molecule has 2 N–H and O–H groups in total. The van der Waals surface area contributed by atoms with Crippen molar-refractivity contribution in [1.82, 2.24) is 9.71 Å². The molecule has 0 spiro atoms. The van der Waals surface area contributed by atoms with Gasteiger partial charge in [0.15, 0.2) is 5.58 Å². The molecule has 0 saturated heterocycles. The molecule has 0 amide bonds. The summed E-state index contributed by atoms with van der Waals surface area (Å²) in [5, 5.41) is 0. The van der Waals surface area contributed by atoms with Crippen LogP contribution in [0.5, 0.6) is 0 Å². The second-order valence-corrected chi connectivity index (χ2v) is 6.61. The number of aromatic amines is 1. The van der Waals surface area contributed by atoms with Crippen molar-refractivity contribution < 1.29 is 17.6 Å². The first-order valence-corrected chi connectivity index (χ1v) is 8.11. The molecule has 2 rings (SSSR count). The number of rotatable bonds is 7. The molecule has 1 heterocycles. The van der Waals surface area contributed by atoms with E-state index in [9.17, 15) is 13.2 Å². The molecule has 0 radical (unpaired) electrons. The van der Waals surface area contributed by atoms with Gasteiger partial charge in [-0.05, 0) is 32.4 Å². The Hall–Kier alpha value is -1.64. The monoisotopic (exact) mass is 314 g/mol. The van der Waals surface area contributed by atoms with Gasteiger partial charge in [-0.2, -0.15) is 0 Å². The Bertz CT molecular complexity index is 760. The third-order valence-electron chi connectivity index (χ3n) is 2.77. The van der Waals surface area contributed by atoms with Crippen LogP contribution in [0.1, 0.15) is 20.3 Å². The molecule has 0 unspecified atom stereocenters. The summed E-state index contributed by atoms with van der Waals surface area (Å²) in [6.45, 7) is 4.62. The summed E-state index contributed by atoms with van der Waals surface area (Å²) >= 11 is 0. The first-order chi connectivity index (χ1) is 9.88. The van der Waals surface area contributed by atoms with Crippen LogP contribution >= 0.6 is 0 Å². The number of benzene rings is 1. The third kappa shape index (κ3) is 4.16. The summed E-state index contributed by atoms with van der Waals surface area (Å²) in [4.78, 5) is 13.6. The van der Waals surface area contributed by atoms with Gasteiger partial charge in [-0.3, -0.25) is 4.98 Å². The molecule has 2 aromatic rings. The van der Waals surface area contributed by atoms with Crippen molar-refractivity contribution in [3.8, 4) is 0 Å². The Labute approximate surface area is 122 Å². The largest absolute Gasteiger partial charge is 0.417 e.